The molecule has 2 aromatic carbocycles. The fourth-order valence-corrected chi connectivity index (χ4v) is 6.56. The van der Waals surface area contributed by atoms with Crippen LogP contribution >= 0.6 is 11.6 Å². The second-order valence-corrected chi connectivity index (χ2v) is 11.7. The van der Waals surface area contributed by atoms with Gasteiger partial charge in [0.1, 0.15) is 18.2 Å². The van der Waals surface area contributed by atoms with E-state index in [9.17, 15) is 14.3 Å². The summed E-state index contributed by atoms with van der Waals surface area (Å²) in [6.45, 7) is 6.03. The number of aromatic nitrogens is 5. The molecule has 1 aliphatic carbocycles. The van der Waals surface area contributed by atoms with Gasteiger partial charge in [-0.25, -0.2) is 24.1 Å². The van der Waals surface area contributed by atoms with Gasteiger partial charge < -0.3 is 19.0 Å². The van der Waals surface area contributed by atoms with Crippen molar-refractivity contribution in [2.24, 2.45) is 11.8 Å². The van der Waals surface area contributed by atoms with Gasteiger partial charge in [0.15, 0.2) is 0 Å². The van der Waals surface area contributed by atoms with Crippen molar-refractivity contribution < 1.29 is 19.0 Å². The van der Waals surface area contributed by atoms with Crippen molar-refractivity contribution >= 4 is 28.6 Å². The van der Waals surface area contributed by atoms with Crippen LogP contribution < -0.4 is 4.74 Å². The fourth-order valence-electron chi connectivity index (χ4n) is 6.40. The molecule has 2 aliphatic rings. The smallest absolute Gasteiger partial charge is 0.335 e. The fraction of sp³-hybridized carbons (Fsp3) is 0.312. The lowest BCUT2D eigenvalue weighted by molar-refractivity contribution is 0.0697. The van der Waals surface area contributed by atoms with E-state index < -0.39 is 11.8 Å². The highest BCUT2D eigenvalue weighted by molar-refractivity contribution is 6.30. The molecule has 0 radical (unpaired) electrons. The standard InChI is InChI=1S/C32H30ClFN6O3/c1-2-39-18-35-12-22(39)13-40-28-10-19(32(41)42)7-9-26(28)36-29(40)16-38-14-23-24(15-38)31(23)27-4-3-5-30(37-27)43-17-20-6-8-21(33)11-25(20)34/h3-12,18,23-24,31H,2,13-17H2,1H3,(H,41,42)/t23-,24+,31-. The molecular weight excluding hydrogens is 571 g/mol. The quantitative estimate of drug-likeness (QED) is 0.222. The number of likely N-dealkylation sites (tertiary alicyclic amines) is 1. The van der Waals surface area contributed by atoms with Gasteiger partial charge in [-0.15, -0.1) is 0 Å². The van der Waals surface area contributed by atoms with Crippen molar-refractivity contribution in [2.45, 2.75) is 39.1 Å². The summed E-state index contributed by atoms with van der Waals surface area (Å²) in [5.74, 6) is 1.39. The van der Waals surface area contributed by atoms with Crippen molar-refractivity contribution in [1.29, 1.82) is 0 Å². The van der Waals surface area contributed by atoms with Crippen LogP contribution in [-0.2, 0) is 26.2 Å². The third-order valence-corrected chi connectivity index (χ3v) is 8.88. The average Bonchev–Trinajstić information content (AvgIpc) is 3.33. The maximum Gasteiger partial charge on any atom is 0.335 e. The number of benzene rings is 2. The molecule has 1 saturated carbocycles. The molecule has 3 aromatic heterocycles. The van der Waals surface area contributed by atoms with Crippen LogP contribution in [0.4, 0.5) is 4.39 Å². The predicted octanol–water partition coefficient (Wildman–Crippen LogP) is 5.61. The molecule has 4 heterocycles. The second kappa shape index (κ2) is 11.1. The van der Waals surface area contributed by atoms with E-state index >= 15 is 0 Å². The van der Waals surface area contributed by atoms with E-state index in [1.54, 1.807) is 36.4 Å². The number of ether oxygens (including phenoxy) is 1. The summed E-state index contributed by atoms with van der Waals surface area (Å²) in [5.41, 5.74) is 4.31. The first-order chi connectivity index (χ1) is 20.9. The van der Waals surface area contributed by atoms with Crippen LogP contribution in [-0.4, -0.2) is 53.2 Å². The number of hydrogen-bond acceptors (Lipinski definition) is 6. The second-order valence-electron chi connectivity index (χ2n) is 11.3. The van der Waals surface area contributed by atoms with Crippen LogP contribution in [0.25, 0.3) is 11.0 Å². The van der Waals surface area contributed by atoms with Gasteiger partial charge in [-0.1, -0.05) is 23.7 Å². The maximum atomic E-state index is 14.2. The first kappa shape index (κ1) is 27.5. The van der Waals surface area contributed by atoms with Crippen LogP contribution in [0.15, 0.2) is 67.1 Å². The Bertz CT molecular complexity index is 1830. The summed E-state index contributed by atoms with van der Waals surface area (Å²) in [6, 6.07) is 15.4. The Morgan fingerprint density at radius 1 is 1.09 bits per heavy atom. The van der Waals surface area contributed by atoms with Crippen molar-refractivity contribution in [1.82, 2.24) is 29.0 Å². The monoisotopic (exact) mass is 600 g/mol. The predicted molar refractivity (Wildman–Crippen MR) is 159 cm³/mol. The number of carboxylic acids is 1. The number of aromatic carboxylic acids is 1. The van der Waals surface area contributed by atoms with Crippen LogP contribution in [0.1, 0.15) is 46.0 Å². The first-order valence-corrected chi connectivity index (χ1v) is 14.7. The molecule has 11 heteroatoms. The lowest BCUT2D eigenvalue weighted by Gasteiger charge is -2.20. The third-order valence-electron chi connectivity index (χ3n) is 8.65. The van der Waals surface area contributed by atoms with E-state index in [4.69, 9.17) is 26.3 Å². The summed E-state index contributed by atoms with van der Waals surface area (Å²) in [7, 11) is 0. The normalized spacial score (nSPS) is 19.6. The minimum Gasteiger partial charge on any atom is -0.478 e. The SMILES string of the molecule is CCn1cncc1Cn1c(CN2C[C@@H]3[C@H](C2)[C@@H]3c2cccc(OCc3ccc(Cl)cc3F)n2)nc2ccc(C(=O)O)cc21. The molecule has 1 aliphatic heterocycles. The van der Waals surface area contributed by atoms with Crippen molar-refractivity contribution in [3.63, 3.8) is 0 Å². The Hall–Kier alpha value is -4.28. The Balaban J connectivity index is 1.05. The van der Waals surface area contributed by atoms with Gasteiger partial charge in [-0.05, 0) is 55.2 Å². The minimum atomic E-state index is -0.958. The molecule has 2 fully saturated rings. The number of carbonyl (C=O) groups is 1. The van der Waals surface area contributed by atoms with E-state index in [1.165, 1.54) is 6.07 Å². The van der Waals surface area contributed by atoms with Crippen molar-refractivity contribution in [2.75, 3.05) is 13.1 Å². The van der Waals surface area contributed by atoms with Crippen LogP contribution in [0.3, 0.4) is 0 Å². The van der Waals surface area contributed by atoms with Crippen molar-refractivity contribution in [3.8, 4) is 5.88 Å². The number of imidazole rings is 2. The zero-order valence-corrected chi connectivity index (χ0v) is 24.3. The largest absolute Gasteiger partial charge is 0.478 e. The molecule has 1 N–H and O–H groups in total. The van der Waals surface area contributed by atoms with Crippen molar-refractivity contribution in [3.05, 3.63) is 106 Å². The minimum absolute atomic E-state index is 0.0821. The number of carboxylic acid groups (broad SMARTS) is 1. The maximum absolute atomic E-state index is 14.2. The average molecular weight is 601 g/mol. The molecule has 0 amide bonds. The Morgan fingerprint density at radius 2 is 1.93 bits per heavy atom. The summed E-state index contributed by atoms with van der Waals surface area (Å²) in [4.78, 5) is 28.1. The van der Waals surface area contributed by atoms with Gasteiger partial charge in [0.05, 0.1) is 41.7 Å². The lowest BCUT2D eigenvalue weighted by atomic mass is 10.1. The van der Waals surface area contributed by atoms with Gasteiger partial charge in [-0.3, -0.25) is 4.90 Å². The van der Waals surface area contributed by atoms with E-state index in [-0.39, 0.29) is 12.2 Å². The van der Waals surface area contributed by atoms with Gasteiger partial charge >= 0.3 is 5.97 Å². The van der Waals surface area contributed by atoms with E-state index in [0.29, 0.717) is 47.3 Å². The van der Waals surface area contributed by atoms with E-state index in [2.05, 4.69) is 25.9 Å². The molecule has 5 aromatic rings. The number of pyridine rings is 1. The molecule has 7 rings (SSSR count). The molecule has 0 bridgehead atoms. The number of halogens is 2. The van der Waals surface area contributed by atoms with Gasteiger partial charge in [-0.2, -0.15) is 0 Å². The number of piperidine rings is 1. The molecule has 0 spiro atoms. The summed E-state index contributed by atoms with van der Waals surface area (Å²) in [6.07, 6.45) is 3.67. The Kier molecular flexibility index (Phi) is 7.10. The topological polar surface area (TPSA) is 98.3 Å². The van der Waals surface area contributed by atoms with Crippen LogP contribution in [0.5, 0.6) is 5.88 Å². The molecule has 9 nitrogen and oxygen atoms in total. The van der Waals surface area contributed by atoms with Gasteiger partial charge in [0, 0.05) is 54.1 Å². The molecule has 43 heavy (non-hydrogen) atoms. The Morgan fingerprint density at radius 3 is 2.70 bits per heavy atom. The number of rotatable bonds is 10. The molecule has 1 saturated heterocycles. The lowest BCUT2D eigenvalue weighted by Crippen LogP contribution is -2.26. The number of aryl methyl sites for hydroxylation is 1. The summed E-state index contributed by atoms with van der Waals surface area (Å²) < 4.78 is 24.2. The molecule has 0 unspecified atom stereocenters. The van der Waals surface area contributed by atoms with Crippen LogP contribution in [0.2, 0.25) is 5.02 Å². The Labute approximate surface area is 252 Å². The summed E-state index contributed by atoms with van der Waals surface area (Å²) in [5, 5.41) is 9.95. The highest BCUT2D eigenvalue weighted by Gasteiger charge is 2.57. The molecule has 220 valence electrons. The zero-order chi connectivity index (χ0) is 29.7. The van der Waals surface area contributed by atoms with Gasteiger partial charge in [0.25, 0.3) is 0 Å². The summed E-state index contributed by atoms with van der Waals surface area (Å²) >= 11 is 5.86. The van der Waals surface area contributed by atoms with E-state index in [0.717, 1.165) is 47.9 Å². The highest BCUT2D eigenvalue weighted by Crippen LogP contribution is 2.58. The number of hydrogen-bond donors (Lipinski definition) is 1. The van der Waals surface area contributed by atoms with Gasteiger partial charge in [0.2, 0.25) is 5.88 Å². The zero-order valence-electron chi connectivity index (χ0n) is 23.5. The molecule has 3 atom stereocenters. The number of fused-ring (bicyclic) bond motifs is 2. The van der Waals surface area contributed by atoms with E-state index in [1.807, 2.05) is 24.7 Å². The highest BCUT2D eigenvalue weighted by atomic mass is 35.5. The third kappa shape index (κ3) is 5.36. The number of nitrogens with zero attached hydrogens (tertiary/aromatic N) is 6. The van der Waals surface area contributed by atoms with Crippen LogP contribution in [0, 0.1) is 17.7 Å². The molecular formula is C32H30ClFN6O3. The first-order valence-electron chi connectivity index (χ1n) is 14.4.